The molecule has 0 spiro atoms. The Labute approximate surface area is 88.0 Å². The van der Waals surface area contributed by atoms with Gasteiger partial charge >= 0.3 is 0 Å². The van der Waals surface area contributed by atoms with Gasteiger partial charge in [0.1, 0.15) is 0 Å². The molecule has 2 N–H and O–H groups in total. The Morgan fingerprint density at radius 1 is 1.21 bits per heavy atom. The van der Waals surface area contributed by atoms with E-state index in [1.165, 1.54) is 0 Å². The van der Waals surface area contributed by atoms with Gasteiger partial charge in [0.05, 0.1) is 11.0 Å². The van der Waals surface area contributed by atoms with Crippen molar-refractivity contribution in [3.05, 3.63) is 0 Å². The molecule has 14 heavy (non-hydrogen) atoms. The highest BCUT2D eigenvalue weighted by Crippen LogP contribution is 2.13. The molecule has 0 fully saturated rings. The standard InChI is InChI=1S/C10H23NO2S/c1-4-5-10(8-11)6-7-14(12,13)9(2)3/h9-10H,4-8,11H2,1-3H3. The molecule has 0 rings (SSSR count). The van der Waals surface area contributed by atoms with Gasteiger partial charge in [0, 0.05) is 0 Å². The van der Waals surface area contributed by atoms with Crippen LogP contribution in [0, 0.1) is 5.92 Å². The van der Waals surface area contributed by atoms with Gasteiger partial charge < -0.3 is 5.73 Å². The third-order valence-electron chi connectivity index (χ3n) is 2.56. The normalized spacial score (nSPS) is 14.6. The first-order valence-electron chi connectivity index (χ1n) is 5.35. The van der Waals surface area contributed by atoms with Crippen molar-refractivity contribution < 1.29 is 8.42 Å². The van der Waals surface area contributed by atoms with E-state index in [9.17, 15) is 8.42 Å². The molecule has 0 aliphatic heterocycles. The van der Waals surface area contributed by atoms with E-state index in [-0.39, 0.29) is 11.0 Å². The first-order chi connectivity index (χ1) is 6.44. The Kier molecular flexibility index (Phi) is 6.36. The van der Waals surface area contributed by atoms with E-state index in [4.69, 9.17) is 5.73 Å². The summed E-state index contributed by atoms with van der Waals surface area (Å²) in [6, 6.07) is 0. The molecule has 0 amide bonds. The Morgan fingerprint density at radius 2 is 1.79 bits per heavy atom. The van der Waals surface area contributed by atoms with Crippen molar-refractivity contribution in [3.63, 3.8) is 0 Å². The molecule has 0 saturated carbocycles. The van der Waals surface area contributed by atoms with Gasteiger partial charge in [-0.25, -0.2) is 8.42 Å². The van der Waals surface area contributed by atoms with Crippen LogP contribution in [0.2, 0.25) is 0 Å². The lowest BCUT2D eigenvalue weighted by Gasteiger charge is -2.14. The molecule has 1 unspecified atom stereocenters. The van der Waals surface area contributed by atoms with Crippen LogP contribution < -0.4 is 5.73 Å². The van der Waals surface area contributed by atoms with E-state index < -0.39 is 9.84 Å². The van der Waals surface area contributed by atoms with Gasteiger partial charge in [-0.3, -0.25) is 0 Å². The van der Waals surface area contributed by atoms with E-state index in [1.807, 2.05) is 0 Å². The highest BCUT2D eigenvalue weighted by Gasteiger charge is 2.17. The third-order valence-corrected chi connectivity index (χ3v) is 4.80. The van der Waals surface area contributed by atoms with Crippen LogP contribution in [0.4, 0.5) is 0 Å². The van der Waals surface area contributed by atoms with Crippen molar-refractivity contribution in [3.8, 4) is 0 Å². The Balaban J connectivity index is 4.03. The first-order valence-corrected chi connectivity index (χ1v) is 7.07. The Morgan fingerprint density at radius 3 is 2.14 bits per heavy atom. The van der Waals surface area contributed by atoms with Crippen molar-refractivity contribution in [2.45, 2.75) is 45.3 Å². The fourth-order valence-corrected chi connectivity index (χ4v) is 2.49. The zero-order valence-corrected chi connectivity index (χ0v) is 10.3. The summed E-state index contributed by atoms with van der Waals surface area (Å²) in [4.78, 5) is 0. The van der Waals surface area contributed by atoms with Crippen molar-refractivity contribution in [1.29, 1.82) is 0 Å². The lowest BCUT2D eigenvalue weighted by atomic mass is 10.0. The third kappa shape index (κ3) is 4.96. The van der Waals surface area contributed by atoms with E-state index in [0.29, 0.717) is 18.9 Å². The summed E-state index contributed by atoms with van der Waals surface area (Å²) in [7, 11) is -2.88. The fraction of sp³-hybridized carbons (Fsp3) is 1.00. The maximum atomic E-state index is 11.5. The van der Waals surface area contributed by atoms with Crippen molar-refractivity contribution >= 4 is 9.84 Å². The minimum Gasteiger partial charge on any atom is -0.330 e. The van der Waals surface area contributed by atoms with Gasteiger partial charge in [0.15, 0.2) is 9.84 Å². The summed E-state index contributed by atoms with van der Waals surface area (Å²) in [6.07, 6.45) is 2.82. The minimum atomic E-state index is -2.88. The summed E-state index contributed by atoms with van der Waals surface area (Å²) in [6.45, 7) is 6.15. The van der Waals surface area contributed by atoms with Gasteiger partial charge in [-0.2, -0.15) is 0 Å². The van der Waals surface area contributed by atoms with Crippen LogP contribution in [0.3, 0.4) is 0 Å². The molecular formula is C10H23NO2S. The highest BCUT2D eigenvalue weighted by atomic mass is 32.2. The molecule has 0 aromatic rings. The molecule has 0 aliphatic carbocycles. The number of nitrogens with two attached hydrogens (primary N) is 1. The van der Waals surface area contributed by atoms with Crippen LogP contribution in [0.15, 0.2) is 0 Å². The molecule has 4 heteroatoms. The van der Waals surface area contributed by atoms with E-state index in [2.05, 4.69) is 6.92 Å². The predicted molar refractivity (Wildman–Crippen MR) is 61.0 cm³/mol. The van der Waals surface area contributed by atoms with E-state index in [1.54, 1.807) is 13.8 Å². The van der Waals surface area contributed by atoms with Gasteiger partial charge in [-0.05, 0) is 39.2 Å². The summed E-state index contributed by atoms with van der Waals surface area (Å²) >= 11 is 0. The molecule has 1 atom stereocenters. The number of rotatable bonds is 7. The average Bonchev–Trinajstić information content (AvgIpc) is 2.12. The van der Waals surface area contributed by atoms with Crippen molar-refractivity contribution in [2.24, 2.45) is 11.7 Å². The maximum absolute atomic E-state index is 11.5. The molecule has 0 radical (unpaired) electrons. The molecule has 86 valence electrons. The summed E-state index contributed by atoms with van der Waals surface area (Å²) in [5.74, 6) is 0.653. The molecule has 0 heterocycles. The zero-order valence-electron chi connectivity index (χ0n) is 9.49. The monoisotopic (exact) mass is 221 g/mol. The minimum absolute atomic E-state index is 0.262. The molecule has 0 saturated heterocycles. The quantitative estimate of drug-likeness (QED) is 0.710. The predicted octanol–water partition coefficient (Wildman–Crippen LogP) is 1.57. The summed E-state index contributed by atoms with van der Waals surface area (Å²) in [5, 5.41) is -0.262. The SMILES string of the molecule is CCCC(CN)CCS(=O)(=O)C(C)C. The molecule has 3 nitrogen and oxygen atoms in total. The maximum Gasteiger partial charge on any atom is 0.152 e. The number of hydrogen-bond donors (Lipinski definition) is 1. The van der Waals surface area contributed by atoms with Gasteiger partial charge in [-0.15, -0.1) is 0 Å². The molecule has 0 aromatic carbocycles. The molecule has 0 bridgehead atoms. The Bertz CT molecular complexity index is 235. The molecular weight excluding hydrogens is 198 g/mol. The molecule has 0 aromatic heterocycles. The lowest BCUT2D eigenvalue weighted by Crippen LogP contribution is -2.22. The van der Waals surface area contributed by atoms with Crippen LogP contribution in [0.1, 0.15) is 40.0 Å². The van der Waals surface area contributed by atoms with Crippen LogP contribution in [0.5, 0.6) is 0 Å². The zero-order chi connectivity index (χ0) is 11.2. The van der Waals surface area contributed by atoms with Crippen LogP contribution in [-0.4, -0.2) is 26.0 Å². The van der Waals surface area contributed by atoms with Crippen molar-refractivity contribution in [2.75, 3.05) is 12.3 Å². The Hall–Kier alpha value is -0.0900. The highest BCUT2D eigenvalue weighted by molar-refractivity contribution is 7.91. The number of hydrogen-bond acceptors (Lipinski definition) is 3. The second kappa shape index (κ2) is 6.40. The lowest BCUT2D eigenvalue weighted by molar-refractivity contribution is 0.471. The van der Waals surface area contributed by atoms with Crippen LogP contribution in [0.25, 0.3) is 0 Å². The summed E-state index contributed by atoms with van der Waals surface area (Å²) in [5.41, 5.74) is 5.57. The summed E-state index contributed by atoms with van der Waals surface area (Å²) < 4.78 is 23.0. The number of sulfone groups is 1. The smallest absolute Gasteiger partial charge is 0.152 e. The van der Waals surface area contributed by atoms with Gasteiger partial charge in [0.25, 0.3) is 0 Å². The average molecular weight is 221 g/mol. The van der Waals surface area contributed by atoms with Crippen LogP contribution >= 0.6 is 0 Å². The fourth-order valence-electron chi connectivity index (χ4n) is 1.35. The second-order valence-electron chi connectivity index (χ2n) is 4.09. The van der Waals surface area contributed by atoms with Crippen molar-refractivity contribution in [1.82, 2.24) is 0 Å². The second-order valence-corrected chi connectivity index (χ2v) is 6.77. The van der Waals surface area contributed by atoms with E-state index in [0.717, 1.165) is 12.8 Å². The topological polar surface area (TPSA) is 60.2 Å². The van der Waals surface area contributed by atoms with Crippen LogP contribution in [-0.2, 0) is 9.84 Å². The van der Waals surface area contributed by atoms with E-state index >= 15 is 0 Å². The van der Waals surface area contributed by atoms with Gasteiger partial charge in [0.2, 0.25) is 0 Å². The first kappa shape index (κ1) is 13.9. The van der Waals surface area contributed by atoms with Gasteiger partial charge in [-0.1, -0.05) is 13.3 Å². The molecule has 0 aliphatic rings. The largest absolute Gasteiger partial charge is 0.330 e.